The van der Waals surface area contributed by atoms with Crippen LogP contribution in [0.1, 0.15) is 32.3 Å². The normalized spacial score (nSPS) is 15.3. The minimum Gasteiger partial charge on any atom is -0.493 e. The lowest BCUT2D eigenvalue weighted by Crippen LogP contribution is -2.20. The van der Waals surface area contributed by atoms with Crippen LogP contribution in [-0.4, -0.2) is 59.9 Å². The first-order valence-electron chi connectivity index (χ1n) is 13.2. The molecule has 0 amide bonds. The summed E-state index contributed by atoms with van der Waals surface area (Å²) in [6.45, 7) is 3.96. The molecule has 13 heteroatoms. The molecule has 1 aliphatic rings. The van der Waals surface area contributed by atoms with Crippen LogP contribution in [0.4, 0.5) is 5.82 Å². The van der Waals surface area contributed by atoms with Gasteiger partial charge in [0.15, 0.2) is 28.2 Å². The van der Waals surface area contributed by atoms with E-state index < -0.39 is 15.6 Å². The quantitative estimate of drug-likeness (QED) is 0.255. The third-order valence-corrected chi connectivity index (χ3v) is 7.69. The average Bonchev–Trinajstić information content (AvgIpc) is 3.51. The summed E-state index contributed by atoms with van der Waals surface area (Å²) in [5.41, 5.74) is -0.169. The number of aliphatic hydroxyl groups is 1. The van der Waals surface area contributed by atoms with E-state index in [2.05, 4.69) is 24.7 Å². The Kier molecular flexibility index (Phi) is 8.52. The highest BCUT2D eigenvalue weighted by molar-refractivity contribution is 7.92. The Bertz CT molecular complexity index is 1620. The number of rotatable bonds is 11. The minimum absolute atomic E-state index is 0.00116. The first-order chi connectivity index (χ1) is 20.1. The third-order valence-electron chi connectivity index (χ3n) is 6.43. The van der Waals surface area contributed by atoms with Crippen molar-refractivity contribution in [2.75, 3.05) is 25.0 Å². The molecular formula is C29H31N5O7S. The van der Waals surface area contributed by atoms with E-state index in [-0.39, 0.29) is 46.8 Å². The molecule has 4 aromatic rings. The molecule has 2 N–H and O–H groups in total. The minimum atomic E-state index is -4.29. The number of para-hydroxylation sites is 2. The summed E-state index contributed by atoms with van der Waals surface area (Å²) in [5.74, 6) is 0.607. The summed E-state index contributed by atoms with van der Waals surface area (Å²) in [6.07, 6.45) is 6.03. The number of nitrogens with zero attached hydrogens (tertiary/aromatic N) is 4. The monoisotopic (exact) mass is 593 g/mol. The summed E-state index contributed by atoms with van der Waals surface area (Å²) >= 11 is 0. The maximum atomic E-state index is 13.6. The molecule has 1 saturated heterocycles. The summed E-state index contributed by atoms with van der Waals surface area (Å²) in [7, 11) is -2.80. The van der Waals surface area contributed by atoms with Crippen molar-refractivity contribution in [3.8, 4) is 34.5 Å². The molecule has 0 aliphatic carbocycles. The molecule has 42 heavy (non-hydrogen) atoms. The smallest absolute Gasteiger partial charge is 0.280 e. The van der Waals surface area contributed by atoms with Gasteiger partial charge in [0, 0.05) is 36.3 Å². The molecule has 220 valence electrons. The molecule has 1 aliphatic heterocycles. The van der Waals surface area contributed by atoms with Gasteiger partial charge < -0.3 is 24.1 Å². The number of nitrogens with one attached hydrogen (secondary N) is 1. The Balaban J connectivity index is 1.61. The molecule has 3 aromatic heterocycles. The number of ether oxygens (including phenoxy) is 4. The molecule has 0 saturated carbocycles. The molecule has 12 nitrogen and oxygen atoms in total. The number of aromatic nitrogens is 4. The Morgan fingerprint density at radius 2 is 1.83 bits per heavy atom. The molecule has 1 fully saturated rings. The zero-order valence-corrected chi connectivity index (χ0v) is 24.2. The van der Waals surface area contributed by atoms with E-state index in [9.17, 15) is 13.5 Å². The molecule has 1 aromatic carbocycles. The van der Waals surface area contributed by atoms with E-state index in [0.717, 1.165) is 12.8 Å². The number of methoxy groups -OCH3 is 1. The number of sulfonamides is 1. The first kappa shape index (κ1) is 29.2. The fourth-order valence-corrected chi connectivity index (χ4v) is 5.10. The van der Waals surface area contributed by atoms with E-state index in [1.165, 1.54) is 25.4 Å². The van der Waals surface area contributed by atoms with Gasteiger partial charge >= 0.3 is 0 Å². The highest BCUT2D eigenvalue weighted by atomic mass is 32.2. The molecule has 0 spiro atoms. The fraction of sp³-hybridized carbons (Fsp3) is 0.310. The van der Waals surface area contributed by atoms with Crippen molar-refractivity contribution in [1.29, 1.82) is 0 Å². The fourth-order valence-electron chi connectivity index (χ4n) is 4.16. The first-order valence-corrected chi connectivity index (χ1v) is 14.7. The van der Waals surface area contributed by atoms with Crippen LogP contribution in [0.3, 0.4) is 0 Å². The van der Waals surface area contributed by atoms with Crippen LogP contribution in [0.15, 0.2) is 72.1 Å². The van der Waals surface area contributed by atoms with Gasteiger partial charge in [0.25, 0.3) is 15.9 Å². The Labute approximate surface area is 243 Å². The number of hydrogen-bond donors (Lipinski definition) is 2. The van der Waals surface area contributed by atoms with E-state index in [1.807, 2.05) is 0 Å². The maximum Gasteiger partial charge on any atom is 0.280 e. The third kappa shape index (κ3) is 6.75. The Morgan fingerprint density at radius 3 is 2.48 bits per heavy atom. The summed E-state index contributed by atoms with van der Waals surface area (Å²) in [4.78, 5) is 17.2. The van der Waals surface area contributed by atoms with Gasteiger partial charge in [0.1, 0.15) is 6.61 Å². The van der Waals surface area contributed by atoms with E-state index in [0.29, 0.717) is 23.5 Å². The van der Waals surface area contributed by atoms with Crippen molar-refractivity contribution in [2.45, 2.75) is 43.4 Å². The lowest BCUT2D eigenvalue weighted by atomic mass is 10.0. The average molecular weight is 594 g/mol. The van der Waals surface area contributed by atoms with Crippen LogP contribution in [0.5, 0.6) is 23.1 Å². The van der Waals surface area contributed by atoms with Crippen molar-refractivity contribution in [3.05, 3.63) is 72.7 Å². The van der Waals surface area contributed by atoms with Crippen LogP contribution in [0.25, 0.3) is 11.4 Å². The van der Waals surface area contributed by atoms with Crippen LogP contribution in [0, 0.1) is 0 Å². The van der Waals surface area contributed by atoms with E-state index >= 15 is 0 Å². The standard InChI is InChI=1S/C29H31N5O7S/c1-29(2,35)20-10-11-24(31-17-20)42(36,37)34-27-25(41-23-9-5-4-8-22(23)38-3)28(40-18-21-7-6-16-39-21)33-26(32-27)19-12-14-30-15-13-19/h4-5,8-15,17,21,35H,6-7,16,18H2,1-3H3,(H,32,33,34)/t21-/m1/s1. The predicted octanol–water partition coefficient (Wildman–Crippen LogP) is 4.32. The highest BCUT2D eigenvalue weighted by Gasteiger charge is 2.28. The van der Waals surface area contributed by atoms with E-state index in [4.69, 9.17) is 18.9 Å². The zero-order valence-electron chi connectivity index (χ0n) is 23.4. The van der Waals surface area contributed by atoms with Crippen molar-refractivity contribution in [1.82, 2.24) is 19.9 Å². The molecule has 0 unspecified atom stereocenters. The number of benzene rings is 1. The van der Waals surface area contributed by atoms with Crippen molar-refractivity contribution in [3.63, 3.8) is 0 Å². The van der Waals surface area contributed by atoms with Crippen LogP contribution >= 0.6 is 0 Å². The van der Waals surface area contributed by atoms with Gasteiger partial charge in [0.05, 0.1) is 18.8 Å². The second-order valence-corrected chi connectivity index (χ2v) is 11.6. The number of pyridine rings is 2. The lowest BCUT2D eigenvalue weighted by Gasteiger charge is -2.19. The molecule has 0 bridgehead atoms. The van der Waals surface area contributed by atoms with Gasteiger partial charge in [-0.3, -0.25) is 9.71 Å². The molecular weight excluding hydrogens is 562 g/mol. The van der Waals surface area contributed by atoms with Gasteiger partial charge in [-0.2, -0.15) is 13.4 Å². The highest BCUT2D eigenvalue weighted by Crippen LogP contribution is 2.41. The molecule has 5 rings (SSSR count). The largest absolute Gasteiger partial charge is 0.493 e. The molecule has 1 atom stereocenters. The predicted molar refractivity (Wildman–Crippen MR) is 153 cm³/mol. The van der Waals surface area contributed by atoms with Gasteiger partial charge in [-0.15, -0.1) is 0 Å². The van der Waals surface area contributed by atoms with Crippen molar-refractivity contribution < 1.29 is 32.5 Å². The van der Waals surface area contributed by atoms with Crippen molar-refractivity contribution >= 4 is 15.8 Å². The second kappa shape index (κ2) is 12.3. The van der Waals surface area contributed by atoms with Crippen LogP contribution < -0.4 is 18.9 Å². The van der Waals surface area contributed by atoms with Crippen LogP contribution in [0.2, 0.25) is 0 Å². The summed E-state index contributed by atoms with van der Waals surface area (Å²) < 4.78 is 53.1. The Morgan fingerprint density at radius 1 is 1.07 bits per heavy atom. The van der Waals surface area contributed by atoms with Gasteiger partial charge in [-0.25, -0.2) is 9.97 Å². The van der Waals surface area contributed by atoms with Gasteiger partial charge in [0.2, 0.25) is 5.75 Å². The summed E-state index contributed by atoms with van der Waals surface area (Å²) in [6, 6.07) is 13.1. The van der Waals surface area contributed by atoms with Crippen molar-refractivity contribution in [2.24, 2.45) is 0 Å². The lowest BCUT2D eigenvalue weighted by molar-refractivity contribution is 0.0654. The van der Waals surface area contributed by atoms with Crippen LogP contribution in [-0.2, 0) is 20.4 Å². The molecule has 0 radical (unpaired) electrons. The topological polar surface area (TPSA) is 155 Å². The SMILES string of the molecule is COc1ccccc1Oc1c(NS(=O)(=O)c2ccc(C(C)(C)O)cn2)nc(-c2ccncc2)nc1OC[C@H]1CCCO1. The van der Waals surface area contributed by atoms with Gasteiger partial charge in [-0.05, 0) is 57.0 Å². The molecule has 4 heterocycles. The zero-order chi connectivity index (χ0) is 29.7. The maximum absolute atomic E-state index is 13.6. The second-order valence-electron chi connectivity index (χ2n) is 10.0. The Hall–Kier alpha value is -4.33. The number of anilines is 1. The van der Waals surface area contributed by atoms with E-state index in [1.54, 1.807) is 62.6 Å². The number of hydrogen-bond acceptors (Lipinski definition) is 11. The summed E-state index contributed by atoms with van der Waals surface area (Å²) in [5, 5.41) is 9.97. The van der Waals surface area contributed by atoms with Gasteiger partial charge in [-0.1, -0.05) is 18.2 Å².